The predicted molar refractivity (Wildman–Crippen MR) is 79.5 cm³/mol. The van der Waals surface area contributed by atoms with Gasteiger partial charge in [-0.2, -0.15) is 13.2 Å². The standard InChI is InChI=1S/C17H15F3N2O3/c18-17(19,20)9-5-10(8-1-2-8)12-7-22(16(25)11(12)6-9)13-3-4-14(23)21-15(13)24/h5-6,8,13H,1-4,7H2,(H,21,23,24). The van der Waals surface area contributed by atoms with Crippen LogP contribution < -0.4 is 5.32 Å². The normalized spacial score (nSPS) is 23.7. The van der Waals surface area contributed by atoms with E-state index in [1.165, 1.54) is 4.90 Å². The number of piperidine rings is 1. The molecule has 3 amide bonds. The third kappa shape index (κ3) is 2.69. The molecule has 5 nitrogen and oxygen atoms in total. The molecular weight excluding hydrogens is 337 g/mol. The van der Waals surface area contributed by atoms with Crippen LogP contribution in [0.2, 0.25) is 0 Å². The van der Waals surface area contributed by atoms with Crippen molar-refractivity contribution in [2.24, 2.45) is 0 Å². The van der Waals surface area contributed by atoms with Gasteiger partial charge in [-0.25, -0.2) is 0 Å². The van der Waals surface area contributed by atoms with E-state index in [0.29, 0.717) is 11.1 Å². The lowest BCUT2D eigenvalue weighted by Gasteiger charge is -2.29. The number of imide groups is 1. The monoisotopic (exact) mass is 352 g/mol. The first-order chi connectivity index (χ1) is 11.8. The molecule has 0 spiro atoms. The van der Waals surface area contributed by atoms with Gasteiger partial charge in [0.05, 0.1) is 5.56 Å². The van der Waals surface area contributed by atoms with Crippen LogP contribution in [-0.2, 0) is 22.3 Å². The molecule has 2 heterocycles. The van der Waals surface area contributed by atoms with E-state index >= 15 is 0 Å². The Morgan fingerprint density at radius 1 is 1.08 bits per heavy atom. The number of alkyl halides is 3. The first-order valence-corrected chi connectivity index (χ1v) is 8.14. The Labute approximate surface area is 141 Å². The zero-order valence-electron chi connectivity index (χ0n) is 13.2. The Bertz CT molecular complexity index is 799. The summed E-state index contributed by atoms with van der Waals surface area (Å²) in [6.45, 7) is 0.115. The molecule has 2 fully saturated rings. The van der Waals surface area contributed by atoms with Crippen LogP contribution in [0.1, 0.15) is 58.6 Å². The van der Waals surface area contributed by atoms with Crippen molar-refractivity contribution in [3.63, 3.8) is 0 Å². The van der Waals surface area contributed by atoms with Crippen LogP contribution in [0.5, 0.6) is 0 Å². The van der Waals surface area contributed by atoms with Gasteiger partial charge >= 0.3 is 6.18 Å². The fraction of sp³-hybridized carbons (Fsp3) is 0.471. The van der Waals surface area contributed by atoms with Gasteiger partial charge in [0.2, 0.25) is 11.8 Å². The van der Waals surface area contributed by atoms with Gasteiger partial charge in [-0.15, -0.1) is 0 Å². The topological polar surface area (TPSA) is 66.5 Å². The zero-order valence-corrected chi connectivity index (χ0v) is 13.2. The Hall–Kier alpha value is -2.38. The number of hydrogen-bond acceptors (Lipinski definition) is 3. The molecule has 1 N–H and O–H groups in total. The highest BCUT2D eigenvalue weighted by Gasteiger charge is 2.43. The van der Waals surface area contributed by atoms with Crippen molar-refractivity contribution in [3.8, 4) is 0 Å². The molecule has 1 aromatic carbocycles. The SMILES string of the molecule is O=C1CCC(N2Cc3c(cc(C(F)(F)F)cc3C3CC3)C2=O)C(=O)N1. The maximum absolute atomic E-state index is 13.2. The van der Waals surface area contributed by atoms with E-state index in [-0.39, 0.29) is 30.9 Å². The molecule has 1 unspecified atom stereocenters. The second-order valence-corrected chi connectivity index (χ2v) is 6.76. The highest BCUT2D eigenvalue weighted by atomic mass is 19.4. The van der Waals surface area contributed by atoms with Gasteiger partial charge in [-0.3, -0.25) is 19.7 Å². The molecule has 0 bridgehead atoms. The molecule has 3 aliphatic rings. The number of carbonyl (C=O) groups excluding carboxylic acids is 3. The van der Waals surface area contributed by atoms with Crippen molar-refractivity contribution in [1.82, 2.24) is 10.2 Å². The molecule has 25 heavy (non-hydrogen) atoms. The van der Waals surface area contributed by atoms with E-state index in [9.17, 15) is 27.6 Å². The number of hydrogen-bond donors (Lipinski definition) is 1. The summed E-state index contributed by atoms with van der Waals surface area (Å²) in [7, 11) is 0. The highest BCUT2D eigenvalue weighted by molar-refractivity contribution is 6.05. The quantitative estimate of drug-likeness (QED) is 0.831. The average Bonchev–Trinajstić information content (AvgIpc) is 3.31. The van der Waals surface area contributed by atoms with E-state index in [2.05, 4.69) is 5.32 Å². The summed E-state index contributed by atoms with van der Waals surface area (Å²) < 4.78 is 39.5. The zero-order chi connectivity index (χ0) is 17.9. The van der Waals surface area contributed by atoms with Crippen LogP contribution in [0, 0.1) is 0 Å². The summed E-state index contributed by atoms with van der Waals surface area (Å²) in [5.74, 6) is -1.49. The lowest BCUT2D eigenvalue weighted by molar-refractivity contribution is -0.138. The Morgan fingerprint density at radius 2 is 1.80 bits per heavy atom. The number of rotatable bonds is 2. The fourth-order valence-corrected chi connectivity index (χ4v) is 3.61. The summed E-state index contributed by atoms with van der Waals surface area (Å²) in [4.78, 5) is 37.3. The molecule has 2 aliphatic heterocycles. The number of benzene rings is 1. The molecule has 1 saturated heterocycles. The molecule has 0 aromatic heterocycles. The second kappa shape index (κ2) is 5.31. The summed E-state index contributed by atoms with van der Waals surface area (Å²) in [6, 6.07) is 1.20. The predicted octanol–water partition coefficient (Wildman–Crippen LogP) is 2.34. The van der Waals surface area contributed by atoms with Crippen molar-refractivity contribution in [2.45, 2.75) is 50.4 Å². The summed E-state index contributed by atoms with van der Waals surface area (Å²) in [5.41, 5.74) is 0.353. The molecule has 1 aromatic rings. The highest BCUT2D eigenvalue weighted by Crippen LogP contribution is 2.46. The molecule has 1 atom stereocenters. The fourth-order valence-electron chi connectivity index (χ4n) is 3.61. The molecule has 8 heteroatoms. The Kier molecular flexibility index (Phi) is 3.42. The van der Waals surface area contributed by atoms with Gasteiger partial charge in [-0.1, -0.05) is 0 Å². The van der Waals surface area contributed by atoms with Gasteiger partial charge in [-0.05, 0) is 48.4 Å². The van der Waals surface area contributed by atoms with E-state index in [1.54, 1.807) is 0 Å². The van der Waals surface area contributed by atoms with Crippen molar-refractivity contribution < 1.29 is 27.6 Å². The first kappa shape index (κ1) is 16.1. The third-order valence-corrected chi connectivity index (χ3v) is 5.03. The van der Waals surface area contributed by atoms with Crippen LogP contribution in [0.3, 0.4) is 0 Å². The summed E-state index contributed by atoms with van der Waals surface area (Å²) in [5, 5.41) is 2.19. The summed E-state index contributed by atoms with van der Waals surface area (Å²) >= 11 is 0. The molecule has 0 radical (unpaired) electrons. The van der Waals surface area contributed by atoms with Crippen molar-refractivity contribution in [3.05, 3.63) is 34.4 Å². The third-order valence-electron chi connectivity index (χ3n) is 5.03. The van der Waals surface area contributed by atoms with Gasteiger partial charge in [0.1, 0.15) is 6.04 Å². The number of fused-ring (bicyclic) bond motifs is 1. The van der Waals surface area contributed by atoms with Crippen LogP contribution in [0.15, 0.2) is 12.1 Å². The van der Waals surface area contributed by atoms with Gasteiger partial charge in [0.25, 0.3) is 5.91 Å². The number of nitrogens with zero attached hydrogens (tertiary/aromatic N) is 1. The number of halogens is 3. The first-order valence-electron chi connectivity index (χ1n) is 8.14. The van der Waals surface area contributed by atoms with Crippen molar-refractivity contribution >= 4 is 17.7 Å². The lowest BCUT2D eigenvalue weighted by atomic mass is 9.96. The minimum atomic E-state index is -4.53. The van der Waals surface area contributed by atoms with E-state index in [1.807, 2.05) is 0 Å². The molecule has 132 valence electrons. The molecule has 1 saturated carbocycles. The molecule has 4 rings (SSSR count). The Morgan fingerprint density at radius 3 is 2.40 bits per heavy atom. The van der Waals surface area contributed by atoms with Gasteiger partial charge in [0, 0.05) is 18.5 Å². The van der Waals surface area contributed by atoms with Crippen LogP contribution >= 0.6 is 0 Å². The lowest BCUT2D eigenvalue weighted by Crippen LogP contribution is -2.52. The van der Waals surface area contributed by atoms with Gasteiger partial charge in [0.15, 0.2) is 0 Å². The van der Waals surface area contributed by atoms with E-state index in [0.717, 1.165) is 25.0 Å². The largest absolute Gasteiger partial charge is 0.416 e. The van der Waals surface area contributed by atoms with Crippen LogP contribution in [-0.4, -0.2) is 28.7 Å². The van der Waals surface area contributed by atoms with Crippen LogP contribution in [0.4, 0.5) is 13.2 Å². The van der Waals surface area contributed by atoms with E-state index < -0.39 is 35.5 Å². The maximum atomic E-state index is 13.2. The molecular formula is C17H15F3N2O3. The minimum absolute atomic E-state index is 0.0291. The Balaban J connectivity index is 1.72. The van der Waals surface area contributed by atoms with Crippen molar-refractivity contribution in [1.29, 1.82) is 0 Å². The van der Waals surface area contributed by atoms with Gasteiger partial charge < -0.3 is 4.90 Å². The van der Waals surface area contributed by atoms with Crippen molar-refractivity contribution in [2.75, 3.05) is 0 Å². The summed E-state index contributed by atoms with van der Waals surface area (Å²) in [6.07, 6.45) is -2.61. The molecule has 1 aliphatic carbocycles. The van der Waals surface area contributed by atoms with E-state index in [4.69, 9.17) is 0 Å². The average molecular weight is 352 g/mol. The maximum Gasteiger partial charge on any atom is 0.416 e. The minimum Gasteiger partial charge on any atom is -0.322 e. The van der Waals surface area contributed by atoms with Crippen LogP contribution in [0.25, 0.3) is 0 Å². The smallest absolute Gasteiger partial charge is 0.322 e. The second-order valence-electron chi connectivity index (χ2n) is 6.76. The number of carbonyl (C=O) groups is 3. The number of nitrogens with one attached hydrogen (secondary N) is 1. The number of amides is 3.